The smallest absolute Gasteiger partial charge is 0.262 e. The number of fused-ring (bicyclic) bond motifs is 1. The molecular weight excluding hydrogens is 384 g/mol. The summed E-state index contributed by atoms with van der Waals surface area (Å²) in [5.74, 6) is 0.0331. The fraction of sp³-hybridized carbons (Fsp3) is 0.682. The van der Waals surface area contributed by atoms with E-state index in [-0.39, 0.29) is 17.5 Å². The molecule has 1 saturated carbocycles. The Hall–Kier alpha value is -1.73. The van der Waals surface area contributed by atoms with Crippen LogP contribution in [0, 0.1) is 13.8 Å². The van der Waals surface area contributed by atoms with Crippen LogP contribution in [0.15, 0.2) is 11.1 Å². The van der Waals surface area contributed by atoms with Crippen molar-refractivity contribution in [2.45, 2.75) is 83.8 Å². The van der Waals surface area contributed by atoms with E-state index in [0.29, 0.717) is 24.4 Å². The first-order chi connectivity index (χ1) is 14.0. The van der Waals surface area contributed by atoms with Gasteiger partial charge in [-0.05, 0) is 51.6 Å². The predicted octanol–water partition coefficient (Wildman–Crippen LogP) is 3.38. The van der Waals surface area contributed by atoms with Crippen LogP contribution in [0.5, 0.6) is 0 Å². The quantitative estimate of drug-likeness (QED) is 0.811. The molecule has 1 aliphatic heterocycles. The molecule has 29 heavy (non-hydrogen) atoms. The predicted molar refractivity (Wildman–Crippen MR) is 118 cm³/mol. The van der Waals surface area contributed by atoms with Gasteiger partial charge in [-0.3, -0.25) is 19.1 Å². The first kappa shape index (κ1) is 20.5. The number of likely N-dealkylation sites (tertiary alicyclic amines) is 1. The van der Waals surface area contributed by atoms with Crippen LogP contribution in [-0.4, -0.2) is 45.5 Å². The summed E-state index contributed by atoms with van der Waals surface area (Å²) in [4.78, 5) is 34.3. The standard InChI is InChI=1S/C22H32N4O2S/c1-15-16(2)29-21-20(15)22(28)26(14-23-21)12-10-19(27)24-17-7-6-11-25(13-17)18-8-4-3-5-9-18/h14,17-18H,3-13H2,1-2H3,(H,24,27). The number of hydrogen-bond acceptors (Lipinski definition) is 5. The SMILES string of the molecule is Cc1sc2ncn(CCC(=O)NC3CCCN(C4CCCCC4)C3)c(=O)c2c1C. The molecule has 1 N–H and O–H groups in total. The maximum Gasteiger partial charge on any atom is 0.262 e. The molecular formula is C22H32N4O2S. The maximum atomic E-state index is 12.8. The largest absolute Gasteiger partial charge is 0.352 e. The lowest BCUT2D eigenvalue weighted by Crippen LogP contribution is -2.51. The van der Waals surface area contributed by atoms with E-state index in [2.05, 4.69) is 15.2 Å². The summed E-state index contributed by atoms with van der Waals surface area (Å²) in [5.41, 5.74) is 0.970. The molecule has 0 radical (unpaired) electrons. The highest BCUT2D eigenvalue weighted by molar-refractivity contribution is 7.18. The summed E-state index contributed by atoms with van der Waals surface area (Å²) in [6.45, 7) is 6.49. The number of thiophene rings is 1. The van der Waals surface area contributed by atoms with Crippen molar-refractivity contribution < 1.29 is 4.79 Å². The molecule has 7 heteroatoms. The third-order valence-electron chi connectivity index (χ3n) is 6.64. The number of piperidine rings is 1. The summed E-state index contributed by atoms with van der Waals surface area (Å²) < 4.78 is 1.58. The van der Waals surface area contributed by atoms with E-state index in [0.717, 1.165) is 41.2 Å². The molecule has 6 nitrogen and oxygen atoms in total. The maximum absolute atomic E-state index is 12.8. The van der Waals surface area contributed by atoms with Gasteiger partial charge in [0.2, 0.25) is 5.91 Å². The Morgan fingerprint density at radius 2 is 2.00 bits per heavy atom. The first-order valence-electron chi connectivity index (χ1n) is 11.0. The lowest BCUT2D eigenvalue weighted by molar-refractivity contribution is -0.122. The Kier molecular flexibility index (Phi) is 6.35. The molecule has 2 aliphatic rings. The van der Waals surface area contributed by atoms with Crippen LogP contribution in [0.2, 0.25) is 0 Å². The summed E-state index contributed by atoms with van der Waals surface area (Å²) in [5, 5.41) is 3.92. The minimum Gasteiger partial charge on any atom is -0.352 e. The average molecular weight is 417 g/mol. The van der Waals surface area contributed by atoms with Crippen molar-refractivity contribution >= 4 is 27.5 Å². The molecule has 2 aromatic rings. The average Bonchev–Trinajstić information content (AvgIpc) is 3.03. The van der Waals surface area contributed by atoms with Gasteiger partial charge >= 0.3 is 0 Å². The van der Waals surface area contributed by atoms with Gasteiger partial charge in [0.15, 0.2) is 0 Å². The van der Waals surface area contributed by atoms with E-state index in [1.54, 1.807) is 22.2 Å². The number of amides is 1. The minimum absolute atomic E-state index is 0.0331. The van der Waals surface area contributed by atoms with Crippen LogP contribution in [0.3, 0.4) is 0 Å². The van der Waals surface area contributed by atoms with Crippen LogP contribution in [-0.2, 0) is 11.3 Å². The number of carbonyl (C=O) groups excluding carboxylic acids is 1. The number of nitrogens with one attached hydrogen (secondary N) is 1. The van der Waals surface area contributed by atoms with Gasteiger partial charge < -0.3 is 5.32 Å². The Morgan fingerprint density at radius 1 is 1.21 bits per heavy atom. The highest BCUT2D eigenvalue weighted by atomic mass is 32.1. The van der Waals surface area contributed by atoms with E-state index >= 15 is 0 Å². The van der Waals surface area contributed by atoms with Gasteiger partial charge in [0.25, 0.3) is 5.56 Å². The molecule has 1 atom stereocenters. The fourth-order valence-corrected chi connectivity index (χ4v) is 5.84. The monoisotopic (exact) mass is 416 g/mol. The van der Waals surface area contributed by atoms with Crippen LogP contribution in [0.25, 0.3) is 10.2 Å². The molecule has 4 rings (SSSR count). The molecule has 1 saturated heterocycles. The molecule has 0 bridgehead atoms. The number of aromatic nitrogens is 2. The molecule has 2 fully saturated rings. The number of rotatable bonds is 5. The van der Waals surface area contributed by atoms with Gasteiger partial charge in [-0.15, -0.1) is 11.3 Å². The molecule has 1 amide bonds. The fourth-order valence-electron chi connectivity index (χ4n) is 4.85. The Bertz CT molecular complexity index is 929. The van der Waals surface area contributed by atoms with Crippen LogP contribution in [0.1, 0.15) is 61.8 Å². The van der Waals surface area contributed by atoms with Crippen molar-refractivity contribution in [3.05, 3.63) is 27.1 Å². The van der Waals surface area contributed by atoms with Gasteiger partial charge in [0.1, 0.15) is 4.83 Å². The Morgan fingerprint density at radius 3 is 2.79 bits per heavy atom. The lowest BCUT2D eigenvalue weighted by Gasteiger charge is -2.40. The van der Waals surface area contributed by atoms with Crippen LogP contribution < -0.4 is 10.9 Å². The van der Waals surface area contributed by atoms with E-state index in [1.165, 1.54) is 32.1 Å². The van der Waals surface area contributed by atoms with Gasteiger partial charge in [-0.25, -0.2) is 4.98 Å². The number of carbonyl (C=O) groups is 1. The molecule has 0 aromatic carbocycles. The van der Waals surface area contributed by atoms with Gasteiger partial charge in [-0.2, -0.15) is 0 Å². The third-order valence-corrected chi connectivity index (χ3v) is 7.76. The van der Waals surface area contributed by atoms with E-state index in [1.807, 2.05) is 13.8 Å². The van der Waals surface area contributed by atoms with Crippen molar-refractivity contribution in [3.63, 3.8) is 0 Å². The Labute approximate surface area is 176 Å². The van der Waals surface area contributed by atoms with Crippen LogP contribution in [0.4, 0.5) is 0 Å². The number of hydrogen-bond donors (Lipinski definition) is 1. The Balaban J connectivity index is 1.33. The van der Waals surface area contributed by atoms with Crippen molar-refractivity contribution in [3.8, 4) is 0 Å². The molecule has 158 valence electrons. The highest BCUT2D eigenvalue weighted by Gasteiger charge is 2.27. The second-order valence-corrected chi connectivity index (χ2v) is 9.85. The molecule has 2 aromatic heterocycles. The molecule has 3 heterocycles. The summed E-state index contributed by atoms with van der Waals surface area (Å²) in [7, 11) is 0. The molecule has 1 aliphatic carbocycles. The van der Waals surface area contributed by atoms with E-state index in [4.69, 9.17) is 0 Å². The first-order valence-corrected chi connectivity index (χ1v) is 11.8. The summed E-state index contributed by atoms with van der Waals surface area (Å²) >= 11 is 1.55. The molecule has 1 unspecified atom stereocenters. The summed E-state index contributed by atoms with van der Waals surface area (Å²) in [6.07, 6.45) is 10.8. The topological polar surface area (TPSA) is 67.2 Å². The number of aryl methyl sites for hydroxylation is 3. The van der Waals surface area contributed by atoms with E-state index in [9.17, 15) is 9.59 Å². The molecule has 0 spiro atoms. The minimum atomic E-state index is -0.0363. The second-order valence-electron chi connectivity index (χ2n) is 8.65. The zero-order chi connectivity index (χ0) is 20.4. The number of nitrogens with zero attached hydrogens (tertiary/aromatic N) is 3. The van der Waals surface area contributed by atoms with Crippen molar-refractivity contribution in [1.82, 2.24) is 19.8 Å². The summed E-state index contributed by atoms with van der Waals surface area (Å²) in [6, 6.07) is 0.939. The van der Waals surface area contributed by atoms with Gasteiger partial charge in [0, 0.05) is 36.5 Å². The second kappa shape index (κ2) is 8.96. The zero-order valence-electron chi connectivity index (χ0n) is 17.6. The zero-order valence-corrected chi connectivity index (χ0v) is 18.4. The van der Waals surface area contributed by atoms with Crippen LogP contribution >= 0.6 is 11.3 Å². The van der Waals surface area contributed by atoms with Crippen molar-refractivity contribution in [2.24, 2.45) is 0 Å². The van der Waals surface area contributed by atoms with Gasteiger partial charge in [0.05, 0.1) is 11.7 Å². The van der Waals surface area contributed by atoms with Crippen molar-refractivity contribution in [1.29, 1.82) is 0 Å². The highest BCUT2D eigenvalue weighted by Crippen LogP contribution is 2.26. The van der Waals surface area contributed by atoms with E-state index < -0.39 is 0 Å². The normalized spacial score (nSPS) is 21.5. The third kappa shape index (κ3) is 4.56. The van der Waals surface area contributed by atoms with Crippen molar-refractivity contribution in [2.75, 3.05) is 13.1 Å². The lowest BCUT2D eigenvalue weighted by atomic mass is 9.92. The van der Waals surface area contributed by atoms with Gasteiger partial charge in [-0.1, -0.05) is 19.3 Å².